The van der Waals surface area contributed by atoms with Gasteiger partial charge >= 0.3 is 0 Å². The molecule has 0 saturated heterocycles. The number of non-ortho nitro benzene ring substituents is 1. The highest BCUT2D eigenvalue weighted by molar-refractivity contribution is 7.89. The SMILES string of the molecule is Cc1ccc([N+](=O)[O-])cc1S(=O)(=O)N(C)N=Cc1cnc2ccc(C#N)cn12. The fourth-order valence-corrected chi connectivity index (χ4v) is 3.69. The molecule has 0 aliphatic rings. The van der Waals surface area contributed by atoms with Crippen molar-refractivity contribution >= 4 is 27.6 Å². The fourth-order valence-electron chi connectivity index (χ4n) is 2.49. The van der Waals surface area contributed by atoms with Gasteiger partial charge in [0.25, 0.3) is 15.7 Å². The van der Waals surface area contributed by atoms with Gasteiger partial charge in [-0.2, -0.15) is 23.2 Å². The first-order valence-corrected chi connectivity index (χ1v) is 9.33. The third kappa shape index (κ3) is 3.40. The summed E-state index contributed by atoms with van der Waals surface area (Å²) in [5.74, 6) is 0. The molecule has 0 bridgehead atoms. The Bertz CT molecular complexity index is 1260. The first-order valence-electron chi connectivity index (χ1n) is 7.89. The molecule has 2 heterocycles. The molecule has 0 spiro atoms. The van der Waals surface area contributed by atoms with Gasteiger partial charge < -0.3 is 0 Å². The van der Waals surface area contributed by atoms with Crippen molar-refractivity contribution in [3.63, 3.8) is 0 Å². The van der Waals surface area contributed by atoms with Crippen molar-refractivity contribution in [2.24, 2.45) is 5.10 Å². The quantitative estimate of drug-likeness (QED) is 0.367. The maximum atomic E-state index is 12.8. The summed E-state index contributed by atoms with van der Waals surface area (Å²) >= 11 is 0. The molecule has 2 aromatic heterocycles. The number of hydrogen-bond acceptors (Lipinski definition) is 7. The molecule has 1 aromatic carbocycles. The van der Waals surface area contributed by atoms with E-state index in [0.717, 1.165) is 10.5 Å². The fraction of sp³-hybridized carbons (Fsp3) is 0.118. The van der Waals surface area contributed by atoms with Gasteiger partial charge in [0.1, 0.15) is 11.7 Å². The van der Waals surface area contributed by atoms with Gasteiger partial charge in [0.05, 0.1) is 33.5 Å². The van der Waals surface area contributed by atoms with Crippen LogP contribution in [-0.4, -0.2) is 40.4 Å². The molecule has 11 heteroatoms. The number of aromatic nitrogens is 2. The van der Waals surface area contributed by atoms with Crippen LogP contribution in [-0.2, 0) is 10.0 Å². The number of nitro benzene ring substituents is 1. The summed E-state index contributed by atoms with van der Waals surface area (Å²) in [6.45, 7) is 1.54. The van der Waals surface area contributed by atoms with Crippen molar-refractivity contribution in [2.75, 3.05) is 7.05 Å². The van der Waals surface area contributed by atoms with Crippen LogP contribution in [0.15, 0.2) is 52.7 Å². The van der Waals surface area contributed by atoms with E-state index < -0.39 is 14.9 Å². The zero-order valence-corrected chi connectivity index (χ0v) is 15.7. The number of nitriles is 1. The highest BCUT2D eigenvalue weighted by Gasteiger charge is 2.24. The van der Waals surface area contributed by atoms with Gasteiger partial charge in [-0.1, -0.05) is 6.07 Å². The smallest absolute Gasteiger partial charge is 0.279 e. The lowest BCUT2D eigenvalue weighted by Gasteiger charge is -2.15. The Morgan fingerprint density at radius 2 is 2.11 bits per heavy atom. The largest absolute Gasteiger partial charge is 0.297 e. The van der Waals surface area contributed by atoms with Crippen LogP contribution in [0.5, 0.6) is 0 Å². The number of pyridine rings is 1. The first-order chi connectivity index (χ1) is 13.2. The van der Waals surface area contributed by atoms with Crippen molar-refractivity contribution in [1.29, 1.82) is 5.26 Å². The number of hydrazone groups is 1. The molecule has 10 nitrogen and oxygen atoms in total. The maximum absolute atomic E-state index is 12.8. The molecule has 0 amide bonds. The number of sulfonamides is 1. The number of fused-ring (bicyclic) bond motifs is 1. The molecule has 0 unspecified atom stereocenters. The van der Waals surface area contributed by atoms with Crippen LogP contribution in [0.2, 0.25) is 0 Å². The number of aryl methyl sites for hydroxylation is 1. The average Bonchev–Trinajstić information content (AvgIpc) is 3.08. The summed E-state index contributed by atoms with van der Waals surface area (Å²) in [6, 6.07) is 8.90. The molecule has 0 atom stereocenters. The van der Waals surface area contributed by atoms with Crippen molar-refractivity contribution in [2.45, 2.75) is 11.8 Å². The van der Waals surface area contributed by atoms with E-state index in [-0.39, 0.29) is 10.6 Å². The van der Waals surface area contributed by atoms with Crippen LogP contribution >= 0.6 is 0 Å². The van der Waals surface area contributed by atoms with Crippen LogP contribution in [0.1, 0.15) is 16.8 Å². The number of nitrogens with zero attached hydrogens (tertiary/aromatic N) is 6. The van der Waals surface area contributed by atoms with E-state index in [1.165, 1.54) is 31.6 Å². The molecule has 0 radical (unpaired) electrons. The lowest BCUT2D eigenvalue weighted by atomic mass is 10.2. The zero-order valence-electron chi connectivity index (χ0n) is 14.8. The van der Waals surface area contributed by atoms with Crippen molar-refractivity contribution < 1.29 is 13.3 Å². The summed E-state index contributed by atoms with van der Waals surface area (Å²) < 4.78 is 27.9. The molecule has 3 rings (SSSR count). The minimum absolute atomic E-state index is 0.203. The summed E-state index contributed by atoms with van der Waals surface area (Å²) in [7, 11) is -2.87. The van der Waals surface area contributed by atoms with E-state index in [0.29, 0.717) is 22.5 Å². The molecule has 28 heavy (non-hydrogen) atoms. The molecular formula is C17H14N6O4S. The van der Waals surface area contributed by atoms with Gasteiger partial charge in [-0.15, -0.1) is 0 Å². The van der Waals surface area contributed by atoms with Gasteiger partial charge in [0, 0.05) is 25.4 Å². The van der Waals surface area contributed by atoms with Gasteiger partial charge in [0.15, 0.2) is 0 Å². The summed E-state index contributed by atoms with van der Waals surface area (Å²) in [4.78, 5) is 14.2. The van der Waals surface area contributed by atoms with Gasteiger partial charge in [0.2, 0.25) is 0 Å². The predicted molar refractivity (Wildman–Crippen MR) is 100 cm³/mol. The molecule has 0 N–H and O–H groups in total. The standard InChI is InChI=1S/C17H14N6O4S/c1-12-3-5-14(23(24)25)7-16(12)28(26,27)21(2)20-10-15-9-19-17-6-4-13(8-18)11-22(15)17/h3-7,9-11H,1-2H3. The lowest BCUT2D eigenvalue weighted by Crippen LogP contribution is -2.23. The first kappa shape index (κ1) is 19.0. The lowest BCUT2D eigenvalue weighted by molar-refractivity contribution is -0.385. The van der Waals surface area contributed by atoms with Crippen molar-refractivity contribution in [3.8, 4) is 6.07 Å². The summed E-state index contributed by atoms with van der Waals surface area (Å²) in [6.07, 6.45) is 4.33. The van der Waals surface area contributed by atoms with E-state index in [2.05, 4.69) is 10.1 Å². The third-order valence-corrected chi connectivity index (χ3v) is 5.81. The molecule has 0 aliphatic carbocycles. The monoisotopic (exact) mass is 398 g/mol. The van der Waals surface area contributed by atoms with Crippen LogP contribution in [0.3, 0.4) is 0 Å². The van der Waals surface area contributed by atoms with Crippen molar-refractivity contribution in [3.05, 3.63) is 69.7 Å². The molecule has 142 valence electrons. The van der Waals surface area contributed by atoms with Crippen LogP contribution < -0.4 is 0 Å². The van der Waals surface area contributed by atoms with E-state index in [1.807, 2.05) is 6.07 Å². The van der Waals surface area contributed by atoms with E-state index in [4.69, 9.17) is 5.26 Å². The number of benzene rings is 1. The Balaban J connectivity index is 1.96. The Hall–Kier alpha value is -3.78. The van der Waals surface area contributed by atoms with Gasteiger partial charge in [-0.05, 0) is 24.6 Å². The van der Waals surface area contributed by atoms with Crippen molar-refractivity contribution in [1.82, 2.24) is 13.8 Å². The number of nitro groups is 1. The minimum atomic E-state index is -4.10. The Labute approximate surface area is 160 Å². The van der Waals surface area contributed by atoms with E-state index in [9.17, 15) is 18.5 Å². The number of rotatable bonds is 5. The molecule has 0 aliphatic heterocycles. The summed E-state index contributed by atoms with van der Waals surface area (Å²) in [5.41, 5.74) is 1.48. The van der Waals surface area contributed by atoms with Gasteiger partial charge in [-0.25, -0.2) is 4.98 Å². The number of imidazole rings is 1. The van der Waals surface area contributed by atoms with Gasteiger partial charge in [-0.3, -0.25) is 14.5 Å². The summed E-state index contributed by atoms with van der Waals surface area (Å²) in [5, 5.41) is 23.9. The van der Waals surface area contributed by atoms with E-state index in [1.54, 1.807) is 29.7 Å². The molecule has 0 saturated carbocycles. The topological polar surface area (TPSA) is 134 Å². The molecular weight excluding hydrogens is 384 g/mol. The normalized spacial score (nSPS) is 11.6. The predicted octanol–water partition coefficient (Wildman–Crippen LogP) is 2.08. The Morgan fingerprint density at radius 3 is 2.79 bits per heavy atom. The van der Waals surface area contributed by atoms with Crippen LogP contribution in [0, 0.1) is 28.4 Å². The third-order valence-electron chi connectivity index (χ3n) is 4.02. The highest BCUT2D eigenvalue weighted by atomic mass is 32.2. The Morgan fingerprint density at radius 1 is 1.36 bits per heavy atom. The average molecular weight is 398 g/mol. The second-order valence-corrected chi connectivity index (χ2v) is 7.75. The second-order valence-electron chi connectivity index (χ2n) is 5.83. The minimum Gasteiger partial charge on any atom is -0.297 e. The number of hydrogen-bond donors (Lipinski definition) is 0. The highest BCUT2D eigenvalue weighted by Crippen LogP contribution is 2.24. The zero-order chi connectivity index (χ0) is 20.5. The molecule has 0 fully saturated rings. The van der Waals surface area contributed by atoms with Crippen LogP contribution in [0.4, 0.5) is 5.69 Å². The Kier molecular flexibility index (Phi) is 4.81. The second kappa shape index (κ2) is 7.09. The molecule has 3 aromatic rings. The van der Waals surface area contributed by atoms with E-state index >= 15 is 0 Å². The maximum Gasteiger partial charge on any atom is 0.279 e. The van der Waals surface area contributed by atoms with Crippen LogP contribution in [0.25, 0.3) is 5.65 Å².